The first-order valence-corrected chi connectivity index (χ1v) is 16.3. The molecule has 0 unspecified atom stereocenters. The number of benzene rings is 4. The minimum Gasteiger partial charge on any atom is -0.457 e. The quantitative estimate of drug-likeness (QED) is 0.157. The number of nitrogens with zero attached hydrogens (tertiary/aromatic N) is 1. The molecule has 0 spiro atoms. The molecule has 1 atom stereocenters. The van der Waals surface area contributed by atoms with Crippen molar-refractivity contribution in [2.45, 2.75) is 55.0 Å². The molecule has 4 aromatic rings. The van der Waals surface area contributed by atoms with E-state index in [1.807, 2.05) is 20.8 Å². The summed E-state index contributed by atoms with van der Waals surface area (Å²) in [5, 5.41) is 10.9. The second kappa shape index (κ2) is 14.7. The summed E-state index contributed by atoms with van der Waals surface area (Å²) in [4.78, 5) is 26.1. The number of ether oxygens (including phenoxy) is 2. The van der Waals surface area contributed by atoms with Gasteiger partial charge in [-0.3, -0.25) is 4.79 Å². The smallest absolute Gasteiger partial charge is 0.410 e. The van der Waals surface area contributed by atoms with E-state index in [-0.39, 0.29) is 16.4 Å². The van der Waals surface area contributed by atoms with Gasteiger partial charge in [-0.1, -0.05) is 54.1 Å². The highest BCUT2D eigenvalue weighted by Crippen LogP contribution is 2.29. The Bertz CT molecular complexity index is 1730. The number of halogens is 1. The van der Waals surface area contributed by atoms with Crippen LogP contribution in [0, 0.1) is 0 Å². The molecule has 4 rings (SSSR count). The van der Waals surface area contributed by atoms with Crippen molar-refractivity contribution in [3.05, 3.63) is 119 Å². The second-order valence-electron chi connectivity index (χ2n) is 11.5. The fourth-order valence-electron chi connectivity index (χ4n) is 4.65. The van der Waals surface area contributed by atoms with Crippen molar-refractivity contribution < 1.29 is 32.6 Å². The third kappa shape index (κ3) is 8.94. The van der Waals surface area contributed by atoms with E-state index in [4.69, 9.17) is 21.1 Å². The number of sulfone groups is 1. The fourth-order valence-corrected chi connectivity index (χ4v) is 6.15. The van der Waals surface area contributed by atoms with Crippen molar-refractivity contribution in [2.24, 2.45) is 0 Å². The molecule has 236 valence electrons. The first kappa shape index (κ1) is 33.7. The molecule has 4 aromatic carbocycles. The van der Waals surface area contributed by atoms with Crippen molar-refractivity contribution in [3.8, 4) is 11.5 Å². The summed E-state index contributed by atoms with van der Waals surface area (Å²) >= 11 is 6.00. The van der Waals surface area contributed by atoms with Crippen LogP contribution in [0.4, 0.5) is 4.79 Å². The topological polar surface area (TPSA) is 110 Å². The minimum atomic E-state index is -3.83. The Morgan fingerprint density at radius 3 is 2.33 bits per heavy atom. The number of aliphatic hydroxyl groups excluding tert-OH is 1. The fraction of sp³-hybridized carbons (Fsp3) is 0.257. The van der Waals surface area contributed by atoms with Crippen molar-refractivity contribution in [2.75, 3.05) is 13.2 Å². The molecule has 1 amide bonds. The molecule has 8 nitrogen and oxygen atoms in total. The first-order chi connectivity index (χ1) is 21.4. The van der Waals surface area contributed by atoms with E-state index < -0.39 is 27.6 Å². The van der Waals surface area contributed by atoms with Crippen LogP contribution in [-0.2, 0) is 21.0 Å². The van der Waals surface area contributed by atoms with E-state index in [0.29, 0.717) is 53.3 Å². The third-order valence-corrected chi connectivity index (χ3v) is 9.10. The summed E-state index contributed by atoms with van der Waals surface area (Å²) in [5.41, 5.74) is 1.31. The zero-order chi connectivity index (χ0) is 32.6. The van der Waals surface area contributed by atoms with Crippen LogP contribution in [0.15, 0.2) is 107 Å². The number of hydrogen-bond donors (Lipinski definition) is 1. The van der Waals surface area contributed by atoms with Crippen LogP contribution >= 0.6 is 11.6 Å². The summed E-state index contributed by atoms with van der Waals surface area (Å²) in [5.74, 6) is 0.628. The molecule has 45 heavy (non-hydrogen) atoms. The van der Waals surface area contributed by atoms with E-state index in [1.54, 1.807) is 89.8 Å². The van der Waals surface area contributed by atoms with Crippen molar-refractivity contribution in [1.82, 2.24) is 4.90 Å². The average molecular weight is 650 g/mol. The SMILES string of the molecule is CC(C)(C)N(CCCc1ccc(S(=O)(=O)c2cccc(Oc3ccccc3C=O)c2)cc1)C(=O)OC[C@H](O)c1cccc(Cl)c1. The molecule has 0 bridgehead atoms. The van der Waals surface area contributed by atoms with Gasteiger partial charge in [0.2, 0.25) is 9.84 Å². The molecule has 0 aliphatic heterocycles. The lowest BCUT2D eigenvalue weighted by atomic mass is 10.0. The summed E-state index contributed by atoms with van der Waals surface area (Å²) < 4.78 is 38.0. The van der Waals surface area contributed by atoms with Crippen molar-refractivity contribution >= 4 is 33.8 Å². The van der Waals surface area contributed by atoms with Crippen LogP contribution < -0.4 is 4.74 Å². The lowest BCUT2D eigenvalue weighted by Crippen LogP contribution is -2.46. The molecule has 0 saturated carbocycles. The normalized spacial score (nSPS) is 12.3. The standard InChI is InChI=1S/C35H36ClNO7S/c1-35(2,3)37(34(40)43-24-32(39)26-11-6-12-28(36)21-26)20-8-9-25-16-18-30(19-17-25)45(41,42)31-14-7-13-29(22-31)44-33-15-5-4-10-27(33)23-38/h4-7,10-19,21-23,32,39H,8-9,20,24H2,1-3H3/t32-/m0/s1. The summed E-state index contributed by atoms with van der Waals surface area (Å²) in [6.45, 7) is 5.91. The largest absolute Gasteiger partial charge is 0.457 e. The highest BCUT2D eigenvalue weighted by atomic mass is 35.5. The van der Waals surface area contributed by atoms with Crippen LogP contribution in [0.2, 0.25) is 5.02 Å². The number of aliphatic hydroxyl groups is 1. The lowest BCUT2D eigenvalue weighted by molar-refractivity contribution is 0.0292. The van der Waals surface area contributed by atoms with E-state index in [1.165, 1.54) is 12.1 Å². The molecular weight excluding hydrogens is 614 g/mol. The Balaban J connectivity index is 1.36. The zero-order valence-corrected chi connectivity index (χ0v) is 26.9. The Labute approximate surface area is 269 Å². The third-order valence-electron chi connectivity index (χ3n) is 7.10. The average Bonchev–Trinajstić information content (AvgIpc) is 3.02. The number of amides is 1. The van der Waals surface area contributed by atoms with E-state index in [0.717, 1.165) is 5.56 Å². The number of para-hydroxylation sites is 1. The summed E-state index contributed by atoms with van der Waals surface area (Å²) in [6.07, 6.45) is 0.352. The van der Waals surface area contributed by atoms with E-state index >= 15 is 0 Å². The maximum absolute atomic E-state index is 13.4. The zero-order valence-electron chi connectivity index (χ0n) is 25.4. The van der Waals surface area contributed by atoms with Gasteiger partial charge in [0, 0.05) is 17.1 Å². The van der Waals surface area contributed by atoms with Gasteiger partial charge in [-0.05, 0) is 99.3 Å². The van der Waals surface area contributed by atoms with Gasteiger partial charge < -0.3 is 19.5 Å². The minimum absolute atomic E-state index is 0.0659. The number of aryl methyl sites for hydroxylation is 1. The van der Waals surface area contributed by atoms with Gasteiger partial charge in [0.1, 0.15) is 24.2 Å². The number of carbonyl (C=O) groups excluding carboxylic acids is 2. The van der Waals surface area contributed by atoms with Crippen LogP contribution in [0.5, 0.6) is 11.5 Å². The predicted molar refractivity (Wildman–Crippen MR) is 173 cm³/mol. The molecule has 10 heteroatoms. The molecule has 0 aliphatic rings. The molecule has 0 radical (unpaired) electrons. The molecule has 0 heterocycles. The molecule has 0 saturated heterocycles. The van der Waals surface area contributed by atoms with Gasteiger partial charge in [-0.25, -0.2) is 13.2 Å². The van der Waals surface area contributed by atoms with E-state index in [2.05, 4.69) is 0 Å². The van der Waals surface area contributed by atoms with Crippen molar-refractivity contribution in [1.29, 1.82) is 0 Å². The van der Waals surface area contributed by atoms with Gasteiger partial charge in [0.05, 0.1) is 15.4 Å². The van der Waals surface area contributed by atoms with Crippen LogP contribution in [-0.4, -0.2) is 49.5 Å². The van der Waals surface area contributed by atoms with Gasteiger partial charge in [0.15, 0.2) is 6.29 Å². The molecule has 0 aromatic heterocycles. The monoisotopic (exact) mass is 649 g/mol. The Kier molecular flexibility index (Phi) is 11.0. The molecule has 1 N–H and O–H groups in total. The van der Waals surface area contributed by atoms with Gasteiger partial charge in [-0.15, -0.1) is 0 Å². The van der Waals surface area contributed by atoms with Crippen LogP contribution in [0.1, 0.15) is 54.8 Å². The predicted octanol–water partition coefficient (Wildman–Crippen LogP) is 7.68. The number of aldehydes is 1. The van der Waals surface area contributed by atoms with Gasteiger partial charge in [0.25, 0.3) is 0 Å². The second-order valence-corrected chi connectivity index (χ2v) is 13.8. The summed E-state index contributed by atoms with van der Waals surface area (Å²) in [6, 6.07) is 26.2. The number of rotatable bonds is 12. The number of hydrogen-bond acceptors (Lipinski definition) is 7. The first-order valence-electron chi connectivity index (χ1n) is 14.4. The maximum Gasteiger partial charge on any atom is 0.410 e. The molecule has 0 fully saturated rings. The Hall–Kier alpha value is -4.18. The number of carbonyl (C=O) groups is 2. The Morgan fingerprint density at radius 2 is 1.64 bits per heavy atom. The molecule has 0 aliphatic carbocycles. The lowest BCUT2D eigenvalue weighted by Gasteiger charge is -2.35. The maximum atomic E-state index is 13.4. The van der Waals surface area contributed by atoms with Crippen LogP contribution in [0.3, 0.4) is 0 Å². The van der Waals surface area contributed by atoms with Gasteiger partial charge in [-0.2, -0.15) is 0 Å². The Morgan fingerprint density at radius 1 is 0.933 bits per heavy atom. The van der Waals surface area contributed by atoms with Crippen LogP contribution in [0.25, 0.3) is 0 Å². The molecular formula is C35H36ClNO7S. The highest BCUT2D eigenvalue weighted by molar-refractivity contribution is 7.91. The summed E-state index contributed by atoms with van der Waals surface area (Å²) in [7, 11) is -3.83. The van der Waals surface area contributed by atoms with Gasteiger partial charge >= 0.3 is 6.09 Å². The highest BCUT2D eigenvalue weighted by Gasteiger charge is 2.28. The van der Waals surface area contributed by atoms with E-state index in [9.17, 15) is 23.1 Å². The van der Waals surface area contributed by atoms with Crippen molar-refractivity contribution in [3.63, 3.8) is 0 Å².